The van der Waals surface area contributed by atoms with Crippen LogP contribution >= 0.6 is 0 Å². The molecule has 0 fully saturated rings. The van der Waals surface area contributed by atoms with E-state index in [0.29, 0.717) is 11.4 Å². The topological polar surface area (TPSA) is 42.2 Å². The van der Waals surface area contributed by atoms with Crippen LogP contribution in [0.4, 0.5) is 10.1 Å². The highest BCUT2D eigenvalue weighted by Gasteiger charge is 2.03. The summed E-state index contributed by atoms with van der Waals surface area (Å²) in [4.78, 5) is 11.6. The highest BCUT2D eigenvalue weighted by Crippen LogP contribution is 2.16. The number of hydrogen-bond donors (Lipinski definition) is 1. The summed E-state index contributed by atoms with van der Waals surface area (Å²) >= 11 is 0. The molecule has 1 aromatic carbocycles. The number of carbonyl (C=O) groups is 1. The van der Waals surface area contributed by atoms with Crippen molar-refractivity contribution in [3.63, 3.8) is 0 Å². The first-order chi connectivity index (χ1) is 8.65. The summed E-state index contributed by atoms with van der Waals surface area (Å²) in [6.07, 6.45) is 4.40. The predicted octanol–water partition coefficient (Wildman–Crippen LogP) is 3.38. The van der Waals surface area contributed by atoms with Gasteiger partial charge in [0, 0.05) is 11.8 Å². The van der Waals surface area contributed by atoms with E-state index in [-0.39, 0.29) is 11.7 Å². The molecule has 2 rings (SSSR count). The molecule has 3 nitrogen and oxygen atoms in total. The number of halogens is 1. The van der Waals surface area contributed by atoms with Crippen molar-refractivity contribution < 1.29 is 13.6 Å². The van der Waals surface area contributed by atoms with Crippen molar-refractivity contribution >= 4 is 17.7 Å². The SMILES string of the molecule is Cc1ccc(F)cc1NC(=O)/C=C\c1ccco1. The lowest BCUT2D eigenvalue weighted by molar-refractivity contribution is -0.111. The number of anilines is 1. The van der Waals surface area contributed by atoms with E-state index in [4.69, 9.17) is 4.42 Å². The van der Waals surface area contributed by atoms with Gasteiger partial charge in [-0.15, -0.1) is 0 Å². The Bertz CT molecular complexity index is 573. The standard InChI is InChI=1S/C14H12FNO2/c1-10-4-5-11(15)9-13(10)16-14(17)7-6-12-3-2-8-18-12/h2-9H,1H3,(H,16,17)/b7-6-. The van der Waals surface area contributed by atoms with Gasteiger partial charge in [0.15, 0.2) is 0 Å². The molecule has 0 atom stereocenters. The number of furan rings is 1. The number of nitrogens with one attached hydrogen (secondary N) is 1. The largest absolute Gasteiger partial charge is 0.465 e. The third kappa shape index (κ3) is 3.07. The molecule has 92 valence electrons. The van der Waals surface area contributed by atoms with Crippen molar-refractivity contribution in [1.82, 2.24) is 0 Å². The zero-order valence-electron chi connectivity index (χ0n) is 9.81. The first-order valence-electron chi connectivity index (χ1n) is 5.44. The van der Waals surface area contributed by atoms with Crippen LogP contribution in [-0.2, 0) is 4.79 Å². The molecule has 0 bridgehead atoms. The van der Waals surface area contributed by atoms with Crippen LogP contribution in [0.3, 0.4) is 0 Å². The lowest BCUT2D eigenvalue weighted by atomic mass is 10.2. The molecule has 0 spiro atoms. The van der Waals surface area contributed by atoms with E-state index in [1.807, 2.05) is 0 Å². The fraction of sp³-hybridized carbons (Fsp3) is 0.0714. The second-order valence-corrected chi connectivity index (χ2v) is 3.80. The molecule has 4 heteroatoms. The Morgan fingerprint density at radius 3 is 2.94 bits per heavy atom. The Morgan fingerprint density at radius 2 is 2.22 bits per heavy atom. The second-order valence-electron chi connectivity index (χ2n) is 3.80. The number of rotatable bonds is 3. The van der Waals surface area contributed by atoms with Crippen molar-refractivity contribution in [2.24, 2.45) is 0 Å². The van der Waals surface area contributed by atoms with Crippen LogP contribution in [0.2, 0.25) is 0 Å². The third-order valence-electron chi connectivity index (χ3n) is 2.40. The van der Waals surface area contributed by atoms with Crippen molar-refractivity contribution in [2.45, 2.75) is 6.92 Å². The van der Waals surface area contributed by atoms with E-state index in [1.165, 1.54) is 24.5 Å². The normalized spacial score (nSPS) is 10.8. The molecular formula is C14H12FNO2. The summed E-state index contributed by atoms with van der Waals surface area (Å²) in [6, 6.07) is 7.71. The van der Waals surface area contributed by atoms with Crippen molar-refractivity contribution in [1.29, 1.82) is 0 Å². The fourth-order valence-corrected chi connectivity index (χ4v) is 1.45. The number of carbonyl (C=O) groups excluding carboxylic acids is 1. The summed E-state index contributed by atoms with van der Waals surface area (Å²) in [5.74, 6) is -0.132. The minimum absolute atomic E-state index is 0.333. The second kappa shape index (κ2) is 5.31. The maximum atomic E-state index is 13.0. The monoisotopic (exact) mass is 245 g/mol. The molecule has 1 aromatic heterocycles. The van der Waals surface area contributed by atoms with Gasteiger partial charge in [0.25, 0.3) is 0 Å². The van der Waals surface area contributed by atoms with E-state index in [0.717, 1.165) is 5.56 Å². The summed E-state index contributed by atoms with van der Waals surface area (Å²) in [6.45, 7) is 1.80. The highest BCUT2D eigenvalue weighted by atomic mass is 19.1. The van der Waals surface area contributed by atoms with Gasteiger partial charge < -0.3 is 9.73 Å². The smallest absolute Gasteiger partial charge is 0.248 e. The van der Waals surface area contributed by atoms with Gasteiger partial charge >= 0.3 is 0 Å². The molecule has 0 saturated heterocycles. The van der Waals surface area contributed by atoms with Crippen molar-refractivity contribution in [3.05, 3.63) is 59.8 Å². The zero-order valence-corrected chi connectivity index (χ0v) is 9.81. The molecular weight excluding hydrogens is 233 g/mol. The summed E-state index contributed by atoms with van der Waals surface area (Å²) in [5, 5.41) is 2.61. The van der Waals surface area contributed by atoms with E-state index >= 15 is 0 Å². The maximum absolute atomic E-state index is 13.0. The third-order valence-corrected chi connectivity index (χ3v) is 2.40. The average Bonchev–Trinajstić information content (AvgIpc) is 2.84. The van der Waals surface area contributed by atoms with Crippen LogP contribution in [0.25, 0.3) is 6.08 Å². The number of hydrogen-bond acceptors (Lipinski definition) is 2. The molecule has 0 radical (unpaired) electrons. The molecule has 1 amide bonds. The van der Waals surface area contributed by atoms with Gasteiger partial charge in [-0.2, -0.15) is 0 Å². The van der Waals surface area contributed by atoms with Crippen LogP contribution in [-0.4, -0.2) is 5.91 Å². The lowest BCUT2D eigenvalue weighted by Gasteiger charge is -2.05. The number of amides is 1. The molecule has 0 aliphatic heterocycles. The van der Waals surface area contributed by atoms with E-state index in [1.54, 1.807) is 31.2 Å². The van der Waals surface area contributed by atoms with Gasteiger partial charge in [0.05, 0.1) is 6.26 Å². The van der Waals surface area contributed by atoms with E-state index in [2.05, 4.69) is 5.32 Å². The Morgan fingerprint density at radius 1 is 1.39 bits per heavy atom. The molecule has 1 heterocycles. The quantitative estimate of drug-likeness (QED) is 0.842. The van der Waals surface area contributed by atoms with Crippen LogP contribution in [0.15, 0.2) is 47.1 Å². The zero-order chi connectivity index (χ0) is 13.0. The van der Waals surface area contributed by atoms with Crippen LogP contribution in [0.1, 0.15) is 11.3 Å². The molecule has 0 saturated carbocycles. The van der Waals surface area contributed by atoms with Gasteiger partial charge in [-0.1, -0.05) is 6.07 Å². The molecule has 1 N–H and O–H groups in total. The Labute approximate surface area is 104 Å². The van der Waals surface area contributed by atoms with Gasteiger partial charge in [0.1, 0.15) is 11.6 Å². The Kier molecular flexibility index (Phi) is 3.57. The molecule has 2 aromatic rings. The van der Waals surface area contributed by atoms with Crippen LogP contribution < -0.4 is 5.32 Å². The van der Waals surface area contributed by atoms with Gasteiger partial charge in [-0.25, -0.2) is 4.39 Å². The Balaban J connectivity index is 2.05. The van der Waals surface area contributed by atoms with Gasteiger partial charge in [0.2, 0.25) is 5.91 Å². The van der Waals surface area contributed by atoms with Gasteiger partial charge in [-0.05, 0) is 42.8 Å². The van der Waals surface area contributed by atoms with Crippen LogP contribution in [0, 0.1) is 12.7 Å². The molecule has 18 heavy (non-hydrogen) atoms. The molecule has 0 unspecified atom stereocenters. The molecule has 0 aliphatic carbocycles. The summed E-state index contributed by atoms with van der Waals surface area (Å²) in [5.41, 5.74) is 1.26. The Hall–Kier alpha value is -2.36. The van der Waals surface area contributed by atoms with Crippen molar-refractivity contribution in [3.8, 4) is 0 Å². The predicted molar refractivity (Wildman–Crippen MR) is 67.5 cm³/mol. The van der Waals surface area contributed by atoms with E-state index < -0.39 is 0 Å². The first-order valence-corrected chi connectivity index (χ1v) is 5.44. The highest BCUT2D eigenvalue weighted by molar-refractivity contribution is 6.02. The minimum Gasteiger partial charge on any atom is -0.465 e. The summed E-state index contributed by atoms with van der Waals surface area (Å²) < 4.78 is 18.1. The maximum Gasteiger partial charge on any atom is 0.248 e. The fourth-order valence-electron chi connectivity index (χ4n) is 1.45. The lowest BCUT2D eigenvalue weighted by Crippen LogP contribution is -2.09. The van der Waals surface area contributed by atoms with E-state index in [9.17, 15) is 9.18 Å². The average molecular weight is 245 g/mol. The molecule has 0 aliphatic rings. The first kappa shape index (κ1) is 12.1. The number of aryl methyl sites for hydroxylation is 1. The minimum atomic E-state index is -0.383. The summed E-state index contributed by atoms with van der Waals surface area (Å²) in [7, 11) is 0. The van der Waals surface area contributed by atoms with Crippen molar-refractivity contribution in [2.75, 3.05) is 5.32 Å². The van der Waals surface area contributed by atoms with Gasteiger partial charge in [-0.3, -0.25) is 4.79 Å². The number of benzene rings is 1. The van der Waals surface area contributed by atoms with Crippen LogP contribution in [0.5, 0.6) is 0 Å².